The van der Waals surface area contributed by atoms with E-state index in [0.717, 1.165) is 16.7 Å². The topological polar surface area (TPSA) is 89.5 Å². The van der Waals surface area contributed by atoms with Crippen molar-refractivity contribution in [2.75, 3.05) is 0 Å². The van der Waals surface area contributed by atoms with E-state index in [0.29, 0.717) is 21.6 Å². The molecule has 3 aromatic rings. The van der Waals surface area contributed by atoms with Crippen LogP contribution in [-0.2, 0) is 23.1 Å². The first-order valence-corrected chi connectivity index (χ1v) is 11.7. The van der Waals surface area contributed by atoms with Gasteiger partial charge in [-0.2, -0.15) is 4.31 Å². The summed E-state index contributed by atoms with van der Waals surface area (Å²) in [7, 11) is -3.82. The molecule has 1 amide bonds. The number of carbonyl (C=O) groups excluding carboxylic acids is 1. The number of nitrogens with one attached hydrogen (secondary N) is 1. The number of benzene rings is 3. The van der Waals surface area contributed by atoms with Crippen LogP contribution >= 0.6 is 0 Å². The molecule has 0 saturated carbocycles. The molecule has 0 unspecified atom stereocenters. The van der Waals surface area contributed by atoms with Crippen LogP contribution in [0.1, 0.15) is 43.7 Å². The van der Waals surface area contributed by atoms with Gasteiger partial charge in [-0.25, -0.2) is 8.42 Å². The molecule has 0 saturated heterocycles. The normalized spacial score (nSPS) is 11.2. The molecule has 0 aromatic heterocycles. The van der Waals surface area contributed by atoms with Crippen molar-refractivity contribution in [3.63, 3.8) is 0 Å². The Labute approximate surface area is 217 Å². The molecule has 0 heterocycles. The molecule has 0 aliphatic carbocycles. The third-order valence-corrected chi connectivity index (χ3v) is 7.58. The number of hydrogen-bond donors (Lipinski definition) is 1. The second-order valence-corrected chi connectivity index (χ2v) is 9.93. The fraction of sp³-hybridized carbons (Fsp3) is 0.240. The van der Waals surface area contributed by atoms with E-state index in [1.54, 1.807) is 12.1 Å². The van der Waals surface area contributed by atoms with Crippen molar-refractivity contribution in [1.82, 2.24) is 9.79 Å². The zero-order chi connectivity index (χ0) is 23.5. The number of amides is 1. The van der Waals surface area contributed by atoms with E-state index in [-0.39, 0.29) is 48.2 Å². The molecule has 0 fully saturated rings. The Morgan fingerprint density at radius 2 is 1.45 bits per heavy atom. The first-order chi connectivity index (χ1) is 15.1. The molecule has 33 heavy (non-hydrogen) atoms. The van der Waals surface area contributed by atoms with Crippen LogP contribution in [0.25, 0.3) is 0 Å². The molecule has 0 bridgehead atoms. The molecule has 0 aliphatic rings. The van der Waals surface area contributed by atoms with Gasteiger partial charge in [-0.1, -0.05) is 54.1 Å². The number of sulfonamides is 1. The SMILES string of the molecule is Cc1cc(C)c(S(=O)(=O)N(Cc2ccc(C(=O)N[O-])cc2)Cc2ccccc2C)c(C)c1.[Na+]. The largest absolute Gasteiger partial charge is 1.00 e. The van der Waals surface area contributed by atoms with Gasteiger partial charge in [0.2, 0.25) is 15.9 Å². The van der Waals surface area contributed by atoms with Crippen molar-refractivity contribution in [3.8, 4) is 0 Å². The maximum absolute atomic E-state index is 13.8. The van der Waals surface area contributed by atoms with Gasteiger partial charge in [-0.05, 0) is 67.6 Å². The Bertz CT molecular complexity index is 1220. The number of nitrogens with zero attached hydrogens (tertiary/aromatic N) is 1. The summed E-state index contributed by atoms with van der Waals surface area (Å²) < 4.78 is 29.2. The van der Waals surface area contributed by atoms with Crippen molar-refractivity contribution >= 4 is 15.9 Å². The molecule has 0 atom stereocenters. The Balaban J connectivity index is 0.00000385. The molecule has 3 aromatic carbocycles. The Hall–Kier alpha value is -2.00. The van der Waals surface area contributed by atoms with Gasteiger partial charge in [-0.15, -0.1) is 0 Å². The summed E-state index contributed by atoms with van der Waals surface area (Å²) in [5.74, 6) is -0.730. The zero-order valence-corrected chi connectivity index (χ0v) is 22.5. The molecular formula is C25H27N2NaO4S. The predicted octanol–water partition coefficient (Wildman–Crippen LogP) is 1.54. The average Bonchev–Trinajstić information content (AvgIpc) is 2.73. The monoisotopic (exact) mass is 474 g/mol. The summed E-state index contributed by atoms with van der Waals surface area (Å²) in [4.78, 5) is 11.9. The minimum Gasteiger partial charge on any atom is -0.759 e. The average molecular weight is 475 g/mol. The smallest absolute Gasteiger partial charge is 0.759 e. The molecule has 168 valence electrons. The first kappa shape index (κ1) is 27.2. The zero-order valence-electron chi connectivity index (χ0n) is 19.7. The minimum absolute atomic E-state index is 0. The summed E-state index contributed by atoms with van der Waals surface area (Å²) in [5, 5.41) is 10.6. The fourth-order valence-electron chi connectivity index (χ4n) is 3.93. The van der Waals surface area contributed by atoms with Crippen LogP contribution in [0.4, 0.5) is 0 Å². The summed E-state index contributed by atoms with van der Waals surface area (Å²) in [5.41, 5.74) is 6.64. The Kier molecular flexibility index (Phi) is 9.43. The first-order valence-electron chi connectivity index (χ1n) is 10.3. The summed E-state index contributed by atoms with van der Waals surface area (Å²) in [6.45, 7) is 7.87. The van der Waals surface area contributed by atoms with Gasteiger partial charge < -0.3 is 10.7 Å². The van der Waals surface area contributed by atoms with Crippen LogP contribution in [0, 0.1) is 32.9 Å². The van der Waals surface area contributed by atoms with Crippen LogP contribution in [0.15, 0.2) is 65.6 Å². The van der Waals surface area contributed by atoms with Crippen molar-refractivity contribution < 1.29 is 42.8 Å². The quantitative estimate of drug-likeness (QED) is 0.416. The summed E-state index contributed by atoms with van der Waals surface area (Å²) in [6, 6.07) is 17.8. The second kappa shape index (κ2) is 11.4. The van der Waals surface area contributed by atoms with Crippen LogP contribution in [0.3, 0.4) is 0 Å². The summed E-state index contributed by atoms with van der Waals surface area (Å²) >= 11 is 0. The number of rotatable bonds is 7. The molecule has 0 aliphatic heterocycles. The molecule has 1 N–H and O–H groups in total. The number of hydroxylamine groups is 1. The van der Waals surface area contributed by atoms with Gasteiger partial charge in [0.1, 0.15) is 0 Å². The predicted molar refractivity (Wildman–Crippen MR) is 126 cm³/mol. The van der Waals surface area contributed by atoms with E-state index in [9.17, 15) is 18.4 Å². The standard InChI is InChI=1S/C25H27N2O4S.Na/c1-17-13-19(3)24(20(4)14-17)32(30,31)27(16-23-8-6-5-7-18(23)2)15-21-9-11-22(12-10-21)25(28)26-29;/h5-14H,15-16H2,1-4H3,(H-,26,28,29);/q-1;+1. The van der Waals surface area contributed by atoms with Crippen molar-refractivity contribution in [3.05, 3.63) is 105 Å². The van der Waals surface area contributed by atoms with Crippen molar-refractivity contribution in [2.24, 2.45) is 0 Å². The van der Waals surface area contributed by atoms with E-state index >= 15 is 0 Å². The van der Waals surface area contributed by atoms with E-state index in [4.69, 9.17) is 0 Å². The van der Waals surface area contributed by atoms with Gasteiger partial charge in [0.15, 0.2) is 0 Å². The van der Waals surface area contributed by atoms with E-state index < -0.39 is 15.9 Å². The van der Waals surface area contributed by atoms with Gasteiger partial charge in [0.05, 0.1) is 4.90 Å². The third kappa shape index (κ3) is 6.32. The molecule has 6 nitrogen and oxygen atoms in total. The van der Waals surface area contributed by atoms with Crippen LogP contribution < -0.4 is 35.0 Å². The Morgan fingerprint density at radius 1 is 0.879 bits per heavy atom. The van der Waals surface area contributed by atoms with Crippen LogP contribution in [0.2, 0.25) is 0 Å². The third-order valence-electron chi connectivity index (χ3n) is 5.48. The molecule has 0 radical (unpaired) electrons. The maximum atomic E-state index is 13.8. The van der Waals surface area contributed by atoms with Gasteiger partial charge in [0, 0.05) is 18.7 Å². The number of carbonyl (C=O) groups is 1. The van der Waals surface area contributed by atoms with Gasteiger partial charge in [-0.3, -0.25) is 4.79 Å². The van der Waals surface area contributed by atoms with Gasteiger partial charge >= 0.3 is 29.6 Å². The minimum atomic E-state index is -3.82. The number of aryl methyl sites for hydroxylation is 4. The van der Waals surface area contributed by atoms with Crippen LogP contribution in [0.5, 0.6) is 0 Å². The van der Waals surface area contributed by atoms with E-state index in [1.807, 2.05) is 64.1 Å². The molecule has 3 rings (SSSR count). The second-order valence-electron chi connectivity index (χ2n) is 8.06. The van der Waals surface area contributed by atoms with Gasteiger partial charge in [0.25, 0.3) is 0 Å². The Morgan fingerprint density at radius 3 is 2.00 bits per heavy atom. The van der Waals surface area contributed by atoms with Crippen molar-refractivity contribution in [1.29, 1.82) is 0 Å². The van der Waals surface area contributed by atoms with Crippen LogP contribution in [-0.4, -0.2) is 18.6 Å². The van der Waals surface area contributed by atoms with Crippen molar-refractivity contribution in [2.45, 2.75) is 45.7 Å². The molecule has 8 heteroatoms. The maximum Gasteiger partial charge on any atom is 1.00 e. The fourth-order valence-corrected chi connectivity index (χ4v) is 5.75. The number of hydrogen-bond acceptors (Lipinski definition) is 4. The molecular weight excluding hydrogens is 447 g/mol. The molecule has 0 spiro atoms. The summed E-state index contributed by atoms with van der Waals surface area (Å²) in [6.07, 6.45) is 0. The van der Waals surface area contributed by atoms with E-state index in [2.05, 4.69) is 0 Å². The van der Waals surface area contributed by atoms with E-state index in [1.165, 1.54) is 21.9 Å².